The number of rotatable bonds is 7. The van der Waals surface area contributed by atoms with Gasteiger partial charge >= 0.3 is 0 Å². The van der Waals surface area contributed by atoms with E-state index in [1.807, 2.05) is 72.3 Å². The second-order valence-electron chi connectivity index (χ2n) is 8.89. The molecule has 1 aromatic heterocycles. The van der Waals surface area contributed by atoms with E-state index in [2.05, 4.69) is 24.4 Å². The first kappa shape index (κ1) is 22.7. The lowest BCUT2D eigenvalue weighted by Crippen LogP contribution is -2.39. The number of methoxy groups -OCH3 is 1. The lowest BCUT2D eigenvalue weighted by Gasteiger charge is -2.26. The summed E-state index contributed by atoms with van der Waals surface area (Å²) in [6, 6.07) is 23.6. The zero-order valence-corrected chi connectivity index (χ0v) is 20.2. The van der Waals surface area contributed by atoms with Crippen molar-refractivity contribution in [2.45, 2.75) is 25.9 Å². The normalized spacial score (nSPS) is 14.9. The Bertz CT molecular complexity index is 1390. The van der Waals surface area contributed by atoms with Crippen LogP contribution in [0.4, 0.5) is 0 Å². The minimum Gasteiger partial charge on any atom is -0.497 e. The van der Waals surface area contributed by atoms with Crippen LogP contribution < -0.4 is 10.1 Å². The first-order valence-corrected chi connectivity index (χ1v) is 11.9. The first-order valence-electron chi connectivity index (χ1n) is 11.9. The second-order valence-corrected chi connectivity index (χ2v) is 8.89. The summed E-state index contributed by atoms with van der Waals surface area (Å²) in [7, 11) is 3.54. The van der Waals surface area contributed by atoms with Crippen molar-refractivity contribution in [3.05, 3.63) is 101 Å². The van der Waals surface area contributed by atoms with Gasteiger partial charge in [-0.25, -0.2) is 0 Å². The van der Waals surface area contributed by atoms with Gasteiger partial charge in [-0.2, -0.15) is 0 Å². The van der Waals surface area contributed by atoms with E-state index in [4.69, 9.17) is 4.74 Å². The molecule has 0 fully saturated rings. The number of fused-ring (bicyclic) bond motifs is 3. The van der Waals surface area contributed by atoms with E-state index < -0.39 is 0 Å². The molecule has 0 saturated heterocycles. The number of benzene rings is 3. The number of hydrogen-bond donors (Lipinski definition) is 1. The molecule has 0 saturated carbocycles. The fourth-order valence-electron chi connectivity index (χ4n) is 4.97. The van der Waals surface area contributed by atoms with Gasteiger partial charge in [0.25, 0.3) is 5.91 Å². The fourth-order valence-corrected chi connectivity index (χ4v) is 4.97. The van der Waals surface area contributed by atoms with Gasteiger partial charge in [-0.1, -0.05) is 61.5 Å². The van der Waals surface area contributed by atoms with Crippen LogP contribution in [0.15, 0.2) is 72.8 Å². The quantitative estimate of drug-likeness (QED) is 0.432. The Balaban J connectivity index is 1.45. The number of carbonyl (C=O) groups is 2. The van der Waals surface area contributed by atoms with Crippen LogP contribution in [0.3, 0.4) is 0 Å². The van der Waals surface area contributed by atoms with Gasteiger partial charge in [0.1, 0.15) is 18.0 Å². The molecule has 178 valence electrons. The fraction of sp³-hybridized carbons (Fsp3) is 0.241. The van der Waals surface area contributed by atoms with Crippen LogP contribution in [0, 0.1) is 0 Å². The standard InChI is InChI=1S/C29H29N3O3/c1-4-19-9-11-20(12-10-19)17-30-25(33)18-32-27(21-13-15-22(35-3)16-14-21)26-23-7-5-6-8-24(23)31(2)28(26)29(32)34/h5-16,27H,4,17-18H2,1-3H3,(H,30,33). The van der Waals surface area contributed by atoms with E-state index in [9.17, 15) is 9.59 Å². The van der Waals surface area contributed by atoms with Crippen molar-refractivity contribution in [1.29, 1.82) is 0 Å². The SMILES string of the molecule is CCc1ccc(CNC(=O)CN2C(=O)c3c(c4ccccc4n3C)C2c2ccc(OC)cc2)cc1. The maximum Gasteiger partial charge on any atom is 0.272 e. The smallest absolute Gasteiger partial charge is 0.272 e. The van der Waals surface area contributed by atoms with Gasteiger partial charge in [0, 0.05) is 30.1 Å². The Morgan fingerprint density at radius 1 is 0.971 bits per heavy atom. The monoisotopic (exact) mass is 467 g/mol. The van der Waals surface area contributed by atoms with Gasteiger partial charge in [-0.15, -0.1) is 0 Å². The summed E-state index contributed by atoms with van der Waals surface area (Å²) in [5.41, 5.74) is 5.82. The molecule has 6 nitrogen and oxygen atoms in total. The van der Waals surface area contributed by atoms with Crippen molar-refractivity contribution < 1.29 is 14.3 Å². The van der Waals surface area contributed by atoms with Crippen molar-refractivity contribution in [1.82, 2.24) is 14.8 Å². The van der Waals surface area contributed by atoms with Crippen LogP contribution in [0.1, 0.15) is 45.7 Å². The summed E-state index contributed by atoms with van der Waals surface area (Å²) in [5.74, 6) is 0.421. The van der Waals surface area contributed by atoms with Gasteiger partial charge in [0.2, 0.25) is 5.91 Å². The summed E-state index contributed by atoms with van der Waals surface area (Å²) in [6.45, 7) is 2.52. The number of amides is 2. The molecule has 4 aromatic rings. The third kappa shape index (κ3) is 4.05. The van der Waals surface area contributed by atoms with E-state index in [1.165, 1.54) is 5.56 Å². The van der Waals surface area contributed by atoms with Crippen LogP contribution in [0.5, 0.6) is 5.75 Å². The molecule has 0 aliphatic carbocycles. The molecule has 1 unspecified atom stereocenters. The van der Waals surface area contributed by atoms with Gasteiger partial charge in [0.15, 0.2) is 0 Å². The molecule has 35 heavy (non-hydrogen) atoms. The van der Waals surface area contributed by atoms with Crippen LogP contribution >= 0.6 is 0 Å². The molecule has 2 amide bonds. The molecule has 3 aromatic carbocycles. The molecule has 1 N–H and O–H groups in total. The predicted molar refractivity (Wildman–Crippen MR) is 136 cm³/mol. The molecular formula is C29H29N3O3. The molecule has 1 aliphatic rings. The van der Waals surface area contributed by atoms with Gasteiger partial charge < -0.3 is 19.5 Å². The van der Waals surface area contributed by atoms with Crippen LogP contribution in [-0.4, -0.2) is 34.9 Å². The lowest BCUT2D eigenvalue weighted by atomic mass is 9.98. The van der Waals surface area contributed by atoms with E-state index >= 15 is 0 Å². The van der Waals surface area contributed by atoms with Crippen LogP contribution in [0.25, 0.3) is 10.9 Å². The molecule has 0 spiro atoms. The number of aromatic nitrogens is 1. The van der Waals surface area contributed by atoms with Crippen molar-refractivity contribution in [3.8, 4) is 5.75 Å². The molecule has 0 bridgehead atoms. The maximum atomic E-state index is 13.7. The van der Waals surface area contributed by atoms with Gasteiger partial charge in [0.05, 0.1) is 13.2 Å². The highest BCUT2D eigenvalue weighted by atomic mass is 16.5. The number of para-hydroxylation sites is 1. The number of hydrogen-bond acceptors (Lipinski definition) is 3. The average Bonchev–Trinajstić information content (AvgIpc) is 3.35. The Morgan fingerprint density at radius 3 is 2.34 bits per heavy atom. The van der Waals surface area contributed by atoms with E-state index in [0.717, 1.165) is 39.8 Å². The number of nitrogens with zero attached hydrogens (tertiary/aromatic N) is 2. The summed E-state index contributed by atoms with van der Waals surface area (Å²) >= 11 is 0. The highest BCUT2D eigenvalue weighted by Crippen LogP contribution is 2.43. The van der Waals surface area contributed by atoms with Crippen LogP contribution in [-0.2, 0) is 24.8 Å². The summed E-state index contributed by atoms with van der Waals surface area (Å²) in [6.07, 6.45) is 0.978. The molecule has 6 heteroatoms. The number of carbonyl (C=O) groups excluding carboxylic acids is 2. The Morgan fingerprint density at radius 2 is 1.66 bits per heavy atom. The second kappa shape index (κ2) is 9.29. The third-order valence-corrected chi connectivity index (χ3v) is 6.86. The number of aryl methyl sites for hydroxylation is 2. The van der Waals surface area contributed by atoms with Crippen molar-refractivity contribution in [2.75, 3.05) is 13.7 Å². The molecule has 1 aliphatic heterocycles. The number of ether oxygens (including phenoxy) is 1. The molecule has 0 radical (unpaired) electrons. The zero-order valence-electron chi connectivity index (χ0n) is 20.2. The van der Waals surface area contributed by atoms with Crippen molar-refractivity contribution in [3.63, 3.8) is 0 Å². The summed E-state index contributed by atoms with van der Waals surface area (Å²) < 4.78 is 7.27. The highest BCUT2D eigenvalue weighted by Gasteiger charge is 2.42. The van der Waals surface area contributed by atoms with E-state index in [-0.39, 0.29) is 24.4 Å². The topological polar surface area (TPSA) is 63.6 Å². The molecule has 1 atom stereocenters. The first-order chi connectivity index (χ1) is 17.0. The zero-order chi connectivity index (χ0) is 24.5. The maximum absolute atomic E-state index is 13.7. The van der Waals surface area contributed by atoms with Crippen molar-refractivity contribution in [2.24, 2.45) is 7.05 Å². The van der Waals surface area contributed by atoms with E-state index in [0.29, 0.717) is 12.2 Å². The predicted octanol–water partition coefficient (Wildman–Crippen LogP) is 4.61. The summed E-state index contributed by atoms with van der Waals surface area (Å²) in [4.78, 5) is 28.4. The number of nitrogens with one attached hydrogen (secondary N) is 1. The Labute approximate surface area is 205 Å². The molecular weight excluding hydrogens is 438 g/mol. The van der Waals surface area contributed by atoms with Gasteiger partial charge in [-0.3, -0.25) is 9.59 Å². The van der Waals surface area contributed by atoms with Crippen LogP contribution in [0.2, 0.25) is 0 Å². The minimum atomic E-state index is -0.357. The molecule has 5 rings (SSSR count). The largest absolute Gasteiger partial charge is 0.497 e. The lowest BCUT2D eigenvalue weighted by molar-refractivity contribution is -0.122. The highest BCUT2D eigenvalue weighted by molar-refractivity contribution is 6.07. The Kier molecular flexibility index (Phi) is 6.03. The Hall–Kier alpha value is -4.06. The van der Waals surface area contributed by atoms with Crippen molar-refractivity contribution >= 4 is 22.7 Å². The molecule has 2 heterocycles. The summed E-state index contributed by atoms with van der Waals surface area (Å²) in [5, 5.41) is 4.01. The third-order valence-electron chi connectivity index (χ3n) is 6.86. The average molecular weight is 468 g/mol. The minimum absolute atomic E-state index is 0.0222. The van der Waals surface area contributed by atoms with E-state index in [1.54, 1.807) is 12.0 Å². The van der Waals surface area contributed by atoms with Gasteiger partial charge in [-0.05, 0) is 41.3 Å².